The van der Waals surface area contributed by atoms with Gasteiger partial charge in [0.2, 0.25) is 5.91 Å². The summed E-state index contributed by atoms with van der Waals surface area (Å²) in [6.45, 7) is 6.84. The highest BCUT2D eigenvalue weighted by molar-refractivity contribution is 5.72. The molecule has 0 aromatic heterocycles. The first-order chi connectivity index (χ1) is 11.2. The van der Waals surface area contributed by atoms with Crippen molar-refractivity contribution >= 4 is 11.6 Å². The van der Waals surface area contributed by atoms with Crippen molar-refractivity contribution in [2.75, 3.05) is 38.3 Å². The van der Waals surface area contributed by atoms with E-state index in [1.54, 1.807) is 7.11 Å². The van der Waals surface area contributed by atoms with Crippen molar-refractivity contribution in [3.8, 4) is 11.5 Å². The maximum atomic E-state index is 10.9. The third-order valence-corrected chi connectivity index (χ3v) is 4.06. The van der Waals surface area contributed by atoms with Crippen molar-refractivity contribution < 1.29 is 14.3 Å². The van der Waals surface area contributed by atoms with E-state index in [1.807, 2.05) is 0 Å². The summed E-state index contributed by atoms with van der Waals surface area (Å²) < 4.78 is 11.3. The summed E-state index contributed by atoms with van der Waals surface area (Å²) in [5.74, 6) is 1.47. The lowest BCUT2D eigenvalue weighted by Crippen LogP contribution is -2.25. The first-order valence-corrected chi connectivity index (χ1v) is 8.48. The number of hydrogen-bond donors (Lipinski definition) is 1. The number of carbonyl (C=O) groups excluding carboxylic acids is 1. The lowest BCUT2D eigenvalue weighted by Gasteiger charge is -2.24. The molecule has 1 aromatic rings. The van der Waals surface area contributed by atoms with E-state index in [4.69, 9.17) is 9.47 Å². The number of rotatable bonds is 8. The molecule has 1 heterocycles. The van der Waals surface area contributed by atoms with Crippen LogP contribution in [0, 0.1) is 0 Å². The van der Waals surface area contributed by atoms with Gasteiger partial charge in [0.25, 0.3) is 0 Å². The van der Waals surface area contributed by atoms with Gasteiger partial charge in [0.15, 0.2) is 11.5 Å². The summed E-state index contributed by atoms with van der Waals surface area (Å²) >= 11 is 0. The Kier molecular flexibility index (Phi) is 6.56. The lowest BCUT2D eigenvalue weighted by molar-refractivity contribution is -0.119. The van der Waals surface area contributed by atoms with Gasteiger partial charge in [-0.25, -0.2) is 0 Å². The Hall–Kier alpha value is -1.91. The molecule has 1 aliphatic rings. The molecule has 0 saturated carbocycles. The van der Waals surface area contributed by atoms with Gasteiger partial charge in [0.05, 0.1) is 13.7 Å². The van der Waals surface area contributed by atoms with Crippen molar-refractivity contribution in [2.45, 2.75) is 39.5 Å². The van der Waals surface area contributed by atoms with Gasteiger partial charge in [-0.3, -0.25) is 4.79 Å². The molecule has 5 nitrogen and oxygen atoms in total. The topological polar surface area (TPSA) is 50.8 Å². The summed E-state index contributed by atoms with van der Waals surface area (Å²) in [7, 11) is 1.67. The Morgan fingerprint density at radius 1 is 1.26 bits per heavy atom. The number of carbonyl (C=O) groups is 1. The smallest absolute Gasteiger partial charge is 0.216 e. The molecule has 0 radical (unpaired) electrons. The van der Waals surface area contributed by atoms with Crippen LogP contribution in [0.15, 0.2) is 12.1 Å². The Labute approximate surface area is 139 Å². The van der Waals surface area contributed by atoms with Crippen LogP contribution in [-0.2, 0) is 11.2 Å². The van der Waals surface area contributed by atoms with Crippen molar-refractivity contribution in [2.24, 2.45) is 0 Å². The second-order valence-corrected chi connectivity index (χ2v) is 5.91. The number of hydrogen-bond acceptors (Lipinski definition) is 4. The van der Waals surface area contributed by atoms with Gasteiger partial charge in [0, 0.05) is 31.8 Å². The number of methoxy groups -OCH3 is 1. The second kappa shape index (κ2) is 8.65. The number of ether oxygens (including phenoxy) is 2. The summed E-state index contributed by atoms with van der Waals surface area (Å²) in [4.78, 5) is 13.4. The molecular formula is C18H28N2O3. The minimum absolute atomic E-state index is 0.0448. The molecule has 1 aliphatic heterocycles. The lowest BCUT2D eigenvalue weighted by atomic mass is 10.1. The van der Waals surface area contributed by atoms with Crippen LogP contribution in [-0.4, -0.2) is 39.3 Å². The van der Waals surface area contributed by atoms with E-state index in [1.165, 1.54) is 31.0 Å². The van der Waals surface area contributed by atoms with Crippen LogP contribution in [0.5, 0.6) is 11.5 Å². The van der Waals surface area contributed by atoms with E-state index in [9.17, 15) is 4.79 Å². The fraction of sp³-hybridized carbons (Fsp3) is 0.611. The molecule has 1 fully saturated rings. The Morgan fingerprint density at radius 3 is 2.61 bits per heavy atom. The van der Waals surface area contributed by atoms with Crippen LogP contribution in [0.1, 0.15) is 38.7 Å². The van der Waals surface area contributed by atoms with E-state index in [0.29, 0.717) is 13.2 Å². The quantitative estimate of drug-likeness (QED) is 0.748. The van der Waals surface area contributed by atoms with E-state index < -0.39 is 0 Å². The van der Waals surface area contributed by atoms with Crippen LogP contribution >= 0.6 is 0 Å². The molecule has 1 aromatic carbocycles. The molecule has 0 atom stereocenters. The number of aryl methyl sites for hydroxylation is 1. The SMILES string of the molecule is CCCc1cc(OC)c(OCCNC(C)=O)cc1N1CCCC1. The number of nitrogens with one attached hydrogen (secondary N) is 1. The minimum atomic E-state index is -0.0448. The fourth-order valence-corrected chi connectivity index (χ4v) is 2.97. The molecule has 1 amide bonds. The molecule has 23 heavy (non-hydrogen) atoms. The molecule has 0 aliphatic carbocycles. The molecule has 1 N–H and O–H groups in total. The molecule has 128 valence electrons. The molecular weight excluding hydrogens is 292 g/mol. The first-order valence-electron chi connectivity index (χ1n) is 8.48. The fourth-order valence-electron chi connectivity index (χ4n) is 2.97. The average Bonchev–Trinajstić information content (AvgIpc) is 3.06. The van der Waals surface area contributed by atoms with Gasteiger partial charge in [-0.05, 0) is 30.9 Å². The monoisotopic (exact) mass is 320 g/mol. The van der Waals surface area contributed by atoms with Gasteiger partial charge in [-0.2, -0.15) is 0 Å². The molecule has 1 saturated heterocycles. The zero-order valence-electron chi connectivity index (χ0n) is 14.5. The zero-order chi connectivity index (χ0) is 16.7. The van der Waals surface area contributed by atoms with Crippen molar-refractivity contribution in [3.05, 3.63) is 17.7 Å². The number of nitrogens with zero attached hydrogens (tertiary/aromatic N) is 1. The van der Waals surface area contributed by atoms with E-state index in [2.05, 4.69) is 29.3 Å². The highest BCUT2D eigenvalue weighted by atomic mass is 16.5. The van der Waals surface area contributed by atoms with Gasteiger partial charge in [0.1, 0.15) is 6.61 Å². The van der Waals surface area contributed by atoms with Crippen LogP contribution in [0.2, 0.25) is 0 Å². The minimum Gasteiger partial charge on any atom is -0.493 e. The van der Waals surface area contributed by atoms with Crippen LogP contribution < -0.4 is 19.7 Å². The normalized spacial score (nSPS) is 14.0. The molecule has 5 heteroatoms. The maximum Gasteiger partial charge on any atom is 0.216 e. The van der Waals surface area contributed by atoms with Crippen molar-refractivity contribution in [1.29, 1.82) is 0 Å². The third kappa shape index (κ3) is 4.78. The van der Waals surface area contributed by atoms with E-state index in [-0.39, 0.29) is 5.91 Å². The second-order valence-electron chi connectivity index (χ2n) is 5.91. The van der Waals surface area contributed by atoms with Gasteiger partial charge in [-0.15, -0.1) is 0 Å². The van der Waals surface area contributed by atoms with E-state index in [0.717, 1.165) is 37.4 Å². The van der Waals surface area contributed by atoms with Gasteiger partial charge in [-0.1, -0.05) is 13.3 Å². The Bertz CT molecular complexity index is 525. The predicted octanol–water partition coefficient (Wildman–Crippen LogP) is 2.76. The standard InChI is InChI=1S/C18H28N2O3/c1-4-7-15-12-17(22-3)18(23-11-8-19-14(2)21)13-16(15)20-9-5-6-10-20/h12-13H,4-11H2,1-3H3,(H,19,21). The Morgan fingerprint density at radius 2 is 2.00 bits per heavy atom. The number of anilines is 1. The van der Waals surface area contributed by atoms with E-state index >= 15 is 0 Å². The largest absolute Gasteiger partial charge is 0.493 e. The zero-order valence-corrected chi connectivity index (χ0v) is 14.5. The van der Waals surface area contributed by atoms with Gasteiger partial charge < -0.3 is 19.7 Å². The number of amides is 1. The molecule has 0 bridgehead atoms. The predicted molar refractivity (Wildman–Crippen MR) is 92.6 cm³/mol. The average molecular weight is 320 g/mol. The number of benzene rings is 1. The molecule has 0 spiro atoms. The van der Waals surface area contributed by atoms with Gasteiger partial charge >= 0.3 is 0 Å². The summed E-state index contributed by atoms with van der Waals surface area (Å²) in [6.07, 6.45) is 4.63. The van der Waals surface area contributed by atoms with Crippen LogP contribution in [0.25, 0.3) is 0 Å². The Balaban J connectivity index is 2.18. The highest BCUT2D eigenvalue weighted by Crippen LogP contribution is 2.37. The van der Waals surface area contributed by atoms with Crippen molar-refractivity contribution in [1.82, 2.24) is 5.32 Å². The molecule has 2 rings (SSSR count). The summed E-state index contributed by atoms with van der Waals surface area (Å²) in [6, 6.07) is 4.20. The van der Waals surface area contributed by atoms with Crippen LogP contribution in [0.4, 0.5) is 5.69 Å². The van der Waals surface area contributed by atoms with Crippen molar-refractivity contribution in [3.63, 3.8) is 0 Å². The molecule has 0 unspecified atom stereocenters. The summed E-state index contributed by atoms with van der Waals surface area (Å²) in [5.41, 5.74) is 2.58. The highest BCUT2D eigenvalue weighted by Gasteiger charge is 2.19. The summed E-state index contributed by atoms with van der Waals surface area (Å²) in [5, 5.41) is 2.74. The van der Waals surface area contributed by atoms with Crippen LogP contribution in [0.3, 0.4) is 0 Å². The third-order valence-electron chi connectivity index (χ3n) is 4.06. The maximum absolute atomic E-state index is 10.9. The first kappa shape index (κ1) is 17.4.